The second-order valence-electron chi connectivity index (χ2n) is 2.52. The smallest absolute Gasteiger partial charge is 0.165 e. The number of H-pyrrole nitrogens is 1. The summed E-state index contributed by atoms with van der Waals surface area (Å²) in [5.41, 5.74) is 1.56. The van der Waals surface area contributed by atoms with Gasteiger partial charge in [0.2, 0.25) is 0 Å². The van der Waals surface area contributed by atoms with Gasteiger partial charge in [-0.25, -0.2) is 4.39 Å². The highest BCUT2D eigenvalue weighted by molar-refractivity contribution is 5.82. The van der Waals surface area contributed by atoms with E-state index in [-0.39, 0.29) is 5.82 Å². The SMILES string of the molecule is CC.Cc1c[nH]c2c(F)cncc12. The number of aromatic amines is 1. The van der Waals surface area contributed by atoms with Gasteiger partial charge >= 0.3 is 0 Å². The second kappa shape index (κ2) is 4.03. The van der Waals surface area contributed by atoms with Crippen molar-refractivity contribution in [1.29, 1.82) is 0 Å². The summed E-state index contributed by atoms with van der Waals surface area (Å²) in [7, 11) is 0. The fourth-order valence-electron chi connectivity index (χ4n) is 1.14. The van der Waals surface area contributed by atoms with E-state index < -0.39 is 0 Å². The number of hydrogen-bond acceptors (Lipinski definition) is 1. The molecule has 0 aliphatic carbocycles. The highest BCUT2D eigenvalue weighted by Gasteiger charge is 2.03. The van der Waals surface area contributed by atoms with Crippen LogP contribution in [0.1, 0.15) is 19.4 Å². The van der Waals surface area contributed by atoms with Crippen molar-refractivity contribution in [2.75, 3.05) is 0 Å². The Balaban J connectivity index is 0.000000396. The van der Waals surface area contributed by atoms with Crippen LogP contribution in [0.3, 0.4) is 0 Å². The van der Waals surface area contributed by atoms with Crippen LogP contribution in [0.4, 0.5) is 4.39 Å². The quantitative estimate of drug-likeness (QED) is 0.663. The van der Waals surface area contributed by atoms with Gasteiger partial charge in [0.05, 0.1) is 11.7 Å². The molecule has 0 spiro atoms. The fraction of sp³-hybridized carbons (Fsp3) is 0.300. The Morgan fingerprint density at radius 2 is 2.00 bits per heavy atom. The molecule has 0 aliphatic heterocycles. The lowest BCUT2D eigenvalue weighted by molar-refractivity contribution is 0.631. The van der Waals surface area contributed by atoms with Crippen LogP contribution >= 0.6 is 0 Å². The van der Waals surface area contributed by atoms with Crippen molar-refractivity contribution in [3.05, 3.63) is 30.0 Å². The summed E-state index contributed by atoms with van der Waals surface area (Å²) in [4.78, 5) is 6.59. The molecule has 2 aromatic rings. The number of aromatic nitrogens is 2. The van der Waals surface area contributed by atoms with Gasteiger partial charge in [0.1, 0.15) is 0 Å². The third kappa shape index (κ3) is 1.69. The van der Waals surface area contributed by atoms with Crippen LogP contribution in [0.5, 0.6) is 0 Å². The lowest BCUT2D eigenvalue weighted by atomic mass is 10.2. The number of fused-ring (bicyclic) bond motifs is 1. The lowest BCUT2D eigenvalue weighted by Gasteiger charge is -1.90. The third-order valence-electron chi connectivity index (χ3n) is 1.76. The van der Waals surface area contributed by atoms with Gasteiger partial charge in [-0.15, -0.1) is 0 Å². The molecule has 0 bridgehead atoms. The minimum atomic E-state index is -0.296. The number of nitrogens with one attached hydrogen (secondary N) is 1. The van der Waals surface area contributed by atoms with Gasteiger partial charge in [-0.1, -0.05) is 13.8 Å². The van der Waals surface area contributed by atoms with E-state index >= 15 is 0 Å². The zero-order valence-corrected chi connectivity index (χ0v) is 8.06. The minimum Gasteiger partial charge on any atom is -0.358 e. The van der Waals surface area contributed by atoms with Crippen molar-refractivity contribution < 1.29 is 4.39 Å². The number of pyridine rings is 1. The first-order valence-electron chi connectivity index (χ1n) is 4.36. The van der Waals surface area contributed by atoms with Crippen LogP contribution in [0.15, 0.2) is 18.6 Å². The van der Waals surface area contributed by atoms with Gasteiger partial charge in [0.15, 0.2) is 5.82 Å². The first-order valence-corrected chi connectivity index (χ1v) is 4.36. The molecule has 0 radical (unpaired) electrons. The number of hydrogen-bond donors (Lipinski definition) is 1. The Kier molecular flexibility index (Phi) is 3.01. The Labute approximate surface area is 76.8 Å². The molecule has 2 nitrogen and oxygen atoms in total. The van der Waals surface area contributed by atoms with Crippen molar-refractivity contribution in [3.63, 3.8) is 0 Å². The monoisotopic (exact) mass is 180 g/mol. The van der Waals surface area contributed by atoms with E-state index in [9.17, 15) is 4.39 Å². The van der Waals surface area contributed by atoms with E-state index in [0.29, 0.717) is 5.52 Å². The highest BCUT2D eigenvalue weighted by Crippen LogP contribution is 2.17. The van der Waals surface area contributed by atoms with Gasteiger partial charge in [-0.05, 0) is 12.5 Å². The van der Waals surface area contributed by atoms with Gasteiger partial charge in [-0.3, -0.25) is 4.98 Å². The van der Waals surface area contributed by atoms with E-state index in [1.54, 1.807) is 12.4 Å². The molecule has 3 heteroatoms. The molecule has 0 atom stereocenters. The summed E-state index contributed by atoms with van der Waals surface area (Å²) in [6, 6.07) is 0. The normalized spacial score (nSPS) is 9.54. The number of nitrogens with zero attached hydrogens (tertiary/aromatic N) is 1. The maximum atomic E-state index is 12.9. The molecule has 1 N–H and O–H groups in total. The maximum absolute atomic E-state index is 12.9. The van der Waals surface area contributed by atoms with E-state index in [4.69, 9.17) is 0 Å². The van der Waals surface area contributed by atoms with Crippen LogP contribution < -0.4 is 0 Å². The molecule has 0 saturated heterocycles. The first-order chi connectivity index (χ1) is 6.29. The summed E-state index contributed by atoms with van der Waals surface area (Å²) in [5, 5.41) is 0.852. The fourth-order valence-corrected chi connectivity index (χ4v) is 1.14. The van der Waals surface area contributed by atoms with Gasteiger partial charge in [0, 0.05) is 17.8 Å². The average molecular weight is 180 g/mol. The first kappa shape index (κ1) is 9.71. The van der Waals surface area contributed by atoms with Crippen molar-refractivity contribution in [3.8, 4) is 0 Å². The van der Waals surface area contributed by atoms with Crippen molar-refractivity contribution in [1.82, 2.24) is 9.97 Å². The topological polar surface area (TPSA) is 28.7 Å². The predicted octanol–water partition coefficient (Wildman–Crippen LogP) is 3.04. The average Bonchev–Trinajstić information content (AvgIpc) is 2.53. The number of halogens is 1. The molecule has 0 aliphatic rings. The van der Waals surface area contributed by atoms with Crippen LogP contribution in [0.2, 0.25) is 0 Å². The summed E-state index contributed by atoms with van der Waals surface area (Å²) < 4.78 is 12.9. The van der Waals surface area contributed by atoms with Crippen LogP contribution in [-0.4, -0.2) is 9.97 Å². The third-order valence-corrected chi connectivity index (χ3v) is 1.76. The predicted molar refractivity (Wildman–Crippen MR) is 52.1 cm³/mol. The largest absolute Gasteiger partial charge is 0.358 e. The minimum absolute atomic E-state index is 0.296. The zero-order valence-electron chi connectivity index (χ0n) is 8.06. The van der Waals surface area contributed by atoms with Gasteiger partial charge < -0.3 is 4.98 Å². The molecule has 0 fully saturated rings. The van der Waals surface area contributed by atoms with E-state index in [1.807, 2.05) is 20.8 Å². The Bertz CT molecular complexity index is 393. The summed E-state index contributed by atoms with van der Waals surface area (Å²) in [6.45, 7) is 5.92. The lowest BCUT2D eigenvalue weighted by Crippen LogP contribution is -1.79. The molecule has 0 amide bonds. The molecule has 2 aromatic heterocycles. The molecule has 2 heterocycles. The van der Waals surface area contributed by atoms with Crippen molar-refractivity contribution in [2.24, 2.45) is 0 Å². The van der Waals surface area contributed by atoms with E-state index in [2.05, 4.69) is 9.97 Å². The van der Waals surface area contributed by atoms with Crippen molar-refractivity contribution >= 4 is 10.9 Å². The van der Waals surface area contributed by atoms with E-state index in [1.165, 1.54) is 6.20 Å². The van der Waals surface area contributed by atoms with E-state index in [0.717, 1.165) is 10.9 Å². The number of rotatable bonds is 0. The second-order valence-corrected chi connectivity index (χ2v) is 2.52. The van der Waals surface area contributed by atoms with Crippen molar-refractivity contribution in [2.45, 2.75) is 20.8 Å². The Morgan fingerprint density at radius 1 is 1.31 bits per heavy atom. The maximum Gasteiger partial charge on any atom is 0.165 e. The molecule has 70 valence electrons. The van der Waals surface area contributed by atoms with Crippen LogP contribution in [-0.2, 0) is 0 Å². The number of aryl methyl sites for hydroxylation is 1. The van der Waals surface area contributed by atoms with Gasteiger partial charge in [0.25, 0.3) is 0 Å². The molecule has 13 heavy (non-hydrogen) atoms. The van der Waals surface area contributed by atoms with Gasteiger partial charge in [-0.2, -0.15) is 0 Å². The summed E-state index contributed by atoms with van der Waals surface area (Å²) >= 11 is 0. The standard InChI is InChI=1S/C8H7FN2.C2H6/c1-5-2-11-8-6(5)3-10-4-7(8)9;1-2/h2-4,11H,1H3;1-2H3. The van der Waals surface area contributed by atoms with Crippen LogP contribution in [0.25, 0.3) is 10.9 Å². The summed E-state index contributed by atoms with van der Waals surface area (Å²) in [5.74, 6) is -0.296. The highest BCUT2D eigenvalue weighted by atomic mass is 19.1. The molecular weight excluding hydrogens is 167 g/mol. The molecule has 2 rings (SSSR count). The molecule has 0 saturated carbocycles. The molecule has 0 aromatic carbocycles. The van der Waals surface area contributed by atoms with Crippen LogP contribution in [0, 0.1) is 12.7 Å². The Morgan fingerprint density at radius 3 is 2.62 bits per heavy atom. The summed E-state index contributed by atoms with van der Waals surface area (Å²) in [6.07, 6.45) is 4.64. The Hall–Kier alpha value is -1.38. The molecule has 0 unspecified atom stereocenters. The zero-order chi connectivity index (χ0) is 9.84. The molecular formula is C10H13FN2.